The molecule has 0 saturated carbocycles. The van der Waals surface area contributed by atoms with Crippen LogP contribution in [0, 0.1) is 29.9 Å². The van der Waals surface area contributed by atoms with Crippen LogP contribution in [0.3, 0.4) is 0 Å². The number of pyridine rings is 2. The Morgan fingerprint density at radius 2 is 1.93 bits per heavy atom. The van der Waals surface area contributed by atoms with Crippen molar-refractivity contribution in [1.29, 1.82) is 5.26 Å². The predicted molar refractivity (Wildman–Crippen MR) is 105 cm³/mol. The molecule has 3 aromatic rings. The standard InChI is InChI=1S/C22H19F2N3O2/c1-3-4-8-27-9-6-17(18(13-25)22(27)28)15-11-19(23)21(20(24)12-15)29-16-5-7-26-14(2)10-16/h5-7,9-12H,3-4,8H2,1-2H3. The maximum absolute atomic E-state index is 14.6. The number of hydrogen-bond acceptors (Lipinski definition) is 4. The van der Waals surface area contributed by atoms with Crippen molar-refractivity contribution in [3.63, 3.8) is 0 Å². The number of nitriles is 1. The van der Waals surface area contributed by atoms with Gasteiger partial charge in [0.25, 0.3) is 5.56 Å². The van der Waals surface area contributed by atoms with Gasteiger partial charge in [-0.05, 0) is 43.2 Å². The zero-order valence-electron chi connectivity index (χ0n) is 16.1. The zero-order chi connectivity index (χ0) is 21.0. The smallest absolute Gasteiger partial charge is 0.269 e. The summed E-state index contributed by atoms with van der Waals surface area (Å²) in [5.41, 5.74) is 0.277. The highest BCUT2D eigenvalue weighted by Crippen LogP contribution is 2.32. The number of aryl methyl sites for hydroxylation is 2. The van der Waals surface area contributed by atoms with Crippen LogP contribution in [0.4, 0.5) is 8.78 Å². The summed E-state index contributed by atoms with van der Waals surface area (Å²) in [5.74, 6) is -2.18. The second-order valence-corrected chi connectivity index (χ2v) is 6.57. The fraction of sp³-hybridized carbons (Fsp3) is 0.227. The SMILES string of the molecule is CCCCn1ccc(-c2cc(F)c(Oc3ccnc(C)c3)c(F)c2)c(C#N)c1=O. The Labute approximate surface area is 166 Å². The molecule has 0 fully saturated rings. The van der Waals surface area contributed by atoms with Crippen LogP contribution < -0.4 is 10.3 Å². The minimum atomic E-state index is -0.937. The Hall–Kier alpha value is -3.53. The first-order chi connectivity index (χ1) is 13.9. The van der Waals surface area contributed by atoms with Gasteiger partial charge in [0, 0.05) is 36.3 Å². The van der Waals surface area contributed by atoms with E-state index in [0.29, 0.717) is 12.2 Å². The van der Waals surface area contributed by atoms with Crippen LogP contribution in [-0.4, -0.2) is 9.55 Å². The highest BCUT2D eigenvalue weighted by atomic mass is 19.1. The number of rotatable bonds is 6. The average Bonchev–Trinajstić information content (AvgIpc) is 2.69. The van der Waals surface area contributed by atoms with Gasteiger partial charge in [-0.25, -0.2) is 8.78 Å². The second-order valence-electron chi connectivity index (χ2n) is 6.57. The van der Waals surface area contributed by atoms with E-state index in [2.05, 4.69) is 4.98 Å². The summed E-state index contributed by atoms with van der Waals surface area (Å²) in [6.07, 6.45) is 4.69. The van der Waals surface area contributed by atoms with E-state index in [0.717, 1.165) is 25.0 Å². The first-order valence-corrected chi connectivity index (χ1v) is 9.18. The average molecular weight is 395 g/mol. The normalized spacial score (nSPS) is 10.6. The van der Waals surface area contributed by atoms with E-state index in [1.54, 1.807) is 13.0 Å². The van der Waals surface area contributed by atoms with Gasteiger partial charge in [0.05, 0.1) is 0 Å². The molecule has 0 N–H and O–H groups in total. The molecule has 0 aliphatic rings. The number of unbranched alkanes of at least 4 members (excludes halogenated alkanes) is 1. The van der Waals surface area contributed by atoms with E-state index in [9.17, 15) is 18.8 Å². The van der Waals surface area contributed by atoms with Crippen LogP contribution in [0.1, 0.15) is 31.0 Å². The Balaban J connectivity index is 2.02. The molecular formula is C22H19F2N3O2. The minimum Gasteiger partial charge on any atom is -0.451 e. The first kappa shape index (κ1) is 20.2. The Bertz CT molecular complexity index is 1130. The highest BCUT2D eigenvalue weighted by molar-refractivity contribution is 5.70. The summed E-state index contributed by atoms with van der Waals surface area (Å²) in [5, 5.41) is 9.44. The van der Waals surface area contributed by atoms with Gasteiger partial charge in [-0.3, -0.25) is 9.78 Å². The van der Waals surface area contributed by atoms with Crippen molar-refractivity contribution in [3.8, 4) is 28.7 Å². The maximum atomic E-state index is 14.6. The Kier molecular flexibility index (Phi) is 6.03. The first-order valence-electron chi connectivity index (χ1n) is 9.18. The maximum Gasteiger partial charge on any atom is 0.269 e. The third kappa shape index (κ3) is 4.32. The molecule has 0 aliphatic carbocycles. The number of halogens is 2. The summed E-state index contributed by atoms with van der Waals surface area (Å²) in [6, 6.07) is 8.54. The van der Waals surface area contributed by atoms with Crippen LogP contribution in [0.25, 0.3) is 11.1 Å². The van der Waals surface area contributed by atoms with Crippen molar-refractivity contribution in [3.05, 3.63) is 76.0 Å². The molecule has 0 amide bonds. The van der Waals surface area contributed by atoms with Crippen LogP contribution in [0.5, 0.6) is 11.5 Å². The summed E-state index contributed by atoms with van der Waals surface area (Å²) in [7, 11) is 0. The fourth-order valence-electron chi connectivity index (χ4n) is 2.94. The van der Waals surface area contributed by atoms with Gasteiger partial charge in [-0.2, -0.15) is 5.26 Å². The third-order valence-corrected chi connectivity index (χ3v) is 4.43. The molecule has 2 aromatic heterocycles. The fourth-order valence-corrected chi connectivity index (χ4v) is 2.94. The number of benzene rings is 1. The summed E-state index contributed by atoms with van der Waals surface area (Å²) in [6.45, 7) is 4.20. The molecule has 7 heteroatoms. The minimum absolute atomic E-state index is 0.0922. The van der Waals surface area contributed by atoms with Gasteiger partial charge in [-0.1, -0.05) is 13.3 Å². The molecule has 0 aliphatic heterocycles. The number of aromatic nitrogens is 2. The van der Waals surface area contributed by atoms with Crippen LogP contribution >= 0.6 is 0 Å². The quantitative estimate of drug-likeness (QED) is 0.592. The lowest BCUT2D eigenvalue weighted by Gasteiger charge is -2.12. The predicted octanol–water partition coefficient (Wildman–Crippen LogP) is 4.96. The van der Waals surface area contributed by atoms with Crippen LogP contribution in [-0.2, 0) is 6.54 Å². The second kappa shape index (κ2) is 8.65. The Morgan fingerprint density at radius 3 is 2.55 bits per heavy atom. The van der Waals surface area contributed by atoms with Crippen molar-refractivity contribution in [2.75, 3.05) is 0 Å². The monoisotopic (exact) mass is 395 g/mol. The van der Waals surface area contributed by atoms with Crippen molar-refractivity contribution in [2.45, 2.75) is 33.2 Å². The molecule has 1 aromatic carbocycles. The van der Waals surface area contributed by atoms with E-state index in [1.165, 1.54) is 29.1 Å². The molecule has 0 atom stereocenters. The number of ether oxygens (including phenoxy) is 1. The molecular weight excluding hydrogens is 376 g/mol. The van der Waals surface area contributed by atoms with E-state index in [1.807, 2.05) is 13.0 Å². The summed E-state index contributed by atoms with van der Waals surface area (Å²) in [4.78, 5) is 16.5. The largest absolute Gasteiger partial charge is 0.451 e. The van der Waals surface area contributed by atoms with Crippen LogP contribution in [0.2, 0.25) is 0 Å². The summed E-state index contributed by atoms with van der Waals surface area (Å²) < 4.78 is 36.0. The van der Waals surface area contributed by atoms with Crippen molar-refractivity contribution < 1.29 is 13.5 Å². The van der Waals surface area contributed by atoms with E-state index in [4.69, 9.17) is 4.74 Å². The molecule has 0 spiro atoms. The van der Waals surface area contributed by atoms with E-state index < -0.39 is 22.9 Å². The number of nitrogens with zero attached hydrogens (tertiary/aromatic N) is 3. The van der Waals surface area contributed by atoms with Gasteiger partial charge in [0.2, 0.25) is 0 Å². The molecule has 3 rings (SSSR count). The van der Waals surface area contributed by atoms with Gasteiger partial charge < -0.3 is 9.30 Å². The molecule has 0 unspecified atom stereocenters. The molecule has 29 heavy (non-hydrogen) atoms. The van der Waals surface area contributed by atoms with Crippen LogP contribution in [0.15, 0.2) is 47.5 Å². The summed E-state index contributed by atoms with van der Waals surface area (Å²) >= 11 is 0. The zero-order valence-corrected chi connectivity index (χ0v) is 16.1. The van der Waals surface area contributed by atoms with Gasteiger partial charge >= 0.3 is 0 Å². The lowest BCUT2D eigenvalue weighted by atomic mass is 10.0. The molecule has 0 bridgehead atoms. The lowest BCUT2D eigenvalue weighted by molar-refractivity contribution is 0.407. The molecule has 0 saturated heterocycles. The van der Waals surface area contributed by atoms with Gasteiger partial charge in [-0.15, -0.1) is 0 Å². The van der Waals surface area contributed by atoms with Gasteiger partial charge in [0.15, 0.2) is 17.4 Å². The topological polar surface area (TPSA) is 67.9 Å². The lowest BCUT2D eigenvalue weighted by Crippen LogP contribution is -2.22. The van der Waals surface area contributed by atoms with Crippen molar-refractivity contribution >= 4 is 0 Å². The van der Waals surface area contributed by atoms with E-state index in [-0.39, 0.29) is 22.4 Å². The number of hydrogen-bond donors (Lipinski definition) is 0. The third-order valence-electron chi connectivity index (χ3n) is 4.43. The molecule has 0 radical (unpaired) electrons. The van der Waals surface area contributed by atoms with Crippen molar-refractivity contribution in [1.82, 2.24) is 9.55 Å². The van der Waals surface area contributed by atoms with Gasteiger partial charge in [0.1, 0.15) is 17.4 Å². The molecule has 5 nitrogen and oxygen atoms in total. The molecule has 148 valence electrons. The molecule has 2 heterocycles. The Morgan fingerprint density at radius 1 is 1.21 bits per heavy atom. The highest BCUT2D eigenvalue weighted by Gasteiger charge is 2.18. The van der Waals surface area contributed by atoms with E-state index >= 15 is 0 Å². The van der Waals surface area contributed by atoms with Crippen molar-refractivity contribution in [2.24, 2.45) is 0 Å².